The van der Waals surface area contributed by atoms with Gasteiger partial charge in [-0.1, -0.05) is 12.1 Å². The Bertz CT molecular complexity index is 597. The molecule has 0 fully saturated rings. The maximum atomic E-state index is 11.0. The number of aryl methyl sites for hydroxylation is 2. The van der Waals surface area contributed by atoms with Crippen molar-refractivity contribution in [2.75, 3.05) is 0 Å². The van der Waals surface area contributed by atoms with Crippen LogP contribution in [0.25, 0.3) is 0 Å². The number of carboxylic acids is 1. The molecule has 18 heavy (non-hydrogen) atoms. The van der Waals surface area contributed by atoms with Gasteiger partial charge in [-0.15, -0.1) is 0 Å². The van der Waals surface area contributed by atoms with Crippen LogP contribution in [0.5, 0.6) is 11.6 Å². The van der Waals surface area contributed by atoms with Gasteiger partial charge in [-0.25, -0.2) is 14.8 Å². The number of benzene rings is 1. The molecule has 1 aromatic heterocycles. The molecular formula is C13H12N2O3. The average Bonchev–Trinajstić information content (AvgIpc) is 2.34. The number of carbonyl (C=O) groups is 1. The zero-order valence-corrected chi connectivity index (χ0v) is 10.0. The molecule has 1 aromatic carbocycles. The van der Waals surface area contributed by atoms with Crippen molar-refractivity contribution in [3.05, 3.63) is 47.4 Å². The predicted molar refractivity (Wildman–Crippen MR) is 65.0 cm³/mol. The number of carboxylic acid groups (broad SMARTS) is 1. The van der Waals surface area contributed by atoms with Crippen molar-refractivity contribution >= 4 is 5.97 Å². The first-order chi connectivity index (χ1) is 8.58. The summed E-state index contributed by atoms with van der Waals surface area (Å²) in [5, 5.41) is 9.01. The van der Waals surface area contributed by atoms with Crippen LogP contribution in [0, 0.1) is 13.8 Å². The fraction of sp³-hybridized carbons (Fsp3) is 0.154. The molecule has 0 saturated heterocycles. The molecule has 0 unspecified atom stereocenters. The molecule has 0 spiro atoms. The van der Waals surface area contributed by atoms with Crippen LogP contribution in [0.15, 0.2) is 30.7 Å². The van der Waals surface area contributed by atoms with Gasteiger partial charge in [-0.05, 0) is 31.0 Å². The summed E-state index contributed by atoms with van der Waals surface area (Å²) in [6, 6.07) is 5.70. The molecule has 1 N–H and O–H groups in total. The van der Waals surface area contributed by atoms with E-state index in [0.717, 1.165) is 11.1 Å². The summed E-state index contributed by atoms with van der Waals surface area (Å²) < 4.78 is 5.55. The van der Waals surface area contributed by atoms with Crippen molar-refractivity contribution < 1.29 is 14.6 Å². The van der Waals surface area contributed by atoms with Gasteiger partial charge in [0.25, 0.3) is 0 Å². The number of aromatic carboxylic acids is 1. The lowest BCUT2D eigenvalue weighted by molar-refractivity contribution is 0.0693. The SMILES string of the molecule is Cc1ccc(C)c(Oc2ncncc2C(=O)O)c1. The van der Waals surface area contributed by atoms with E-state index in [9.17, 15) is 4.79 Å². The van der Waals surface area contributed by atoms with Gasteiger partial charge >= 0.3 is 5.97 Å². The van der Waals surface area contributed by atoms with Crippen LogP contribution in [0.4, 0.5) is 0 Å². The second kappa shape index (κ2) is 4.83. The van der Waals surface area contributed by atoms with Crippen LogP contribution in [-0.2, 0) is 0 Å². The topological polar surface area (TPSA) is 72.3 Å². The summed E-state index contributed by atoms with van der Waals surface area (Å²) in [6.45, 7) is 3.82. The van der Waals surface area contributed by atoms with Crippen molar-refractivity contribution in [2.45, 2.75) is 13.8 Å². The number of hydrogen-bond acceptors (Lipinski definition) is 4. The summed E-state index contributed by atoms with van der Waals surface area (Å²) in [4.78, 5) is 18.5. The molecule has 5 heteroatoms. The summed E-state index contributed by atoms with van der Waals surface area (Å²) >= 11 is 0. The third-order valence-electron chi connectivity index (χ3n) is 2.46. The molecule has 0 bridgehead atoms. The lowest BCUT2D eigenvalue weighted by Gasteiger charge is -2.09. The lowest BCUT2D eigenvalue weighted by atomic mass is 10.1. The van der Waals surface area contributed by atoms with E-state index in [0.29, 0.717) is 5.75 Å². The van der Waals surface area contributed by atoms with Crippen LogP contribution < -0.4 is 4.74 Å². The first kappa shape index (κ1) is 12.0. The molecule has 5 nitrogen and oxygen atoms in total. The maximum Gasteiger partial charge on any atom is 0.342 e. The standard InChI is InChI=1S/C13H12N2O3/c1-8-3-4-9(2)11(5-8)18-12-10(13(16)17)6-14-7-15-12/h3-7H,1-2H3,(H,16,17). The predicted octanol–water partition coefficient (Wildman–Crippen LogP) is 2.58. The van der Waals surface area contributed by atoms with Gasteiger partial charge in [-0.2, -0.15) is 0 Å². The van der Waals surface area contributed by atoms with Gasteiger partial charge in [-0.3, -0.25) is 0 Å². The highest BCUT2D eigenvalue weighted by molar-refractivity contribution is 5.89. The Hall–Kier alpha value is -2.43. The van der Waals surface area contributed by atoms with Gasteiger partial charge < -0.3 is 9.84 Å². The fourth-order valence-electron chi connectivity index (χ4n) is 1.47. The fourth-order valence-corrected chi connectivity index (χ4v) is 1.47. The monoisotopic (exact) mass is 244 g/mol. The third kappa shape index (κ3) is 2.45. The number of ether oxygens (including phenoxy) is 1. The van der Waals surface area contributed by atoms with E-state index in [1.54, 1.807) is 0 Å². The molecule has 2 rings (SSSR count). The van der Waals surface area contributed by atoms with E-state index in [-0.39, 0.29) is 11.4 Å². The van der Waals surface area contributed by atoms with E-state index in [1.807, 2.05) is 32.0 Å². The molecule has 2 aromatic rings. The zero-order chi connectivity index (χ0) is 13.1. The molecule has 0 atom stereocenters. The molecule has 0 aliphatic rings. The summed E-state index contributed by atoms with van der Waals surface area (Å²) in [6.07, 6.45) is 2.47. The van der Waals surface area contributed by atoms with Crippen molar-refractivity contribution in [3.8, 4) is 11.6 Å². The summed E-state index contributed by atoms with van der Waals surface area (Å²) in [7, 11) is 0. The van der Waals surface area contributed by atoms with E-state index in [4.69, 9.17) is 9.84 Å². The summed E-state index contributed by atoms with van der Waals surface area (Å²) in [5.41, 5.74) is 1.88. The Balaban J connectivity index is 2.40. The van der Waals surface area contributed by atoms with Crippen molar-refractivity contribution in [2.24, 2.45) is 0 Å². The van der Waals surface area contributed by atoms with Gasteiger partial charge in [0.05, 0.1) is 0 Å². The van der Waals surface area contributed by atoms with Crippen LogP contribution in [0.3, 0.4) is 0 Å². The first-order valence-corrected chi connectivity index (χ1v) is 5.36. The van der Waals surface area contributed by atoms with Gasteiger partial charge in [0.15, 0.2) is 0 Å². The minimum Gasteiger partial charge on any atom is -0.477 e. The third-order valence-corrected chi connectivity index (χ3v) is 2.46. The molecule has 0 saturated carbocycles. The number of nitrogens with zero attached hydrogens (tertiary/aromatic N) is 2. The highest BCUT2D eigenvalue weighted by Gasteiger charge is 2.14. The zero-order valence-electron chi connectivity index (χ0n) is 10.0. The highest BCUT2D eigenvalue weighted by atomic mass is 16.5. The minimum atomic E-state index is -1.11. The van der Waals surface area contributed by atoms with Crippen LogP contribution >= 0.6 is 0 Å². The van der Waals surface area contributed by atoms with Crippen LogP contribution in [0.1, 0.15) is 21.5 Å². The van der Waals surface area contributed by atoms with Crippen molar-refractivity contribution in [3.63, 3.8) is 0 Å². The van der Waals surface area contributed by atoms with Crippen LogP contribution in [-0.4, -0.2) is 21.0 Å². The van der Waals surface area contributed by atoms with E-state index in [2.05, 4.69) is 9.97 Å². The molecule has 0 radical (unpaired) electrons. The van der Waals surface area contributed by atoms with Crippen LogP contribution in [0.2, 0.25) is 0 Å². The average molecular weight is 244 g/mol. The van der Waals surface area contributed by atoms with Gasteiger partial charge in [0.1, 0.15) is 17.6 Å². The second-order valence-corrected chi connectivity index (χ2v) is 3.92. The summed E-state index contributed by atoms with van der Waals surface area (Å²) in [5.74, 6) is -0.474. The Morgan fingerprint density at radius 2 is 2.11 bits per heavy atom. The van der Waals surface area contributed by atoms with Gasteiger partial charge in [0.2, 0.25) is 5.88 Å². The lowest BCUT2D eigenvalue weighted by Crippen LogP contribution is -2.03. The molecule has 0 aliphatic heterocycles. The molecule has 92 valence electrons. The molecule has 1 heterocycles. The Kier molecular flexibility index (Phi) is 3.23. The highest BCUT2D eigenvalue weighted by Crippen LogP contribution is 2.26. The minimum absolute atomic E-state index is 0.0474. The second-order valence-electron chi connectivity index (χ2n) is 3.92. The molecule has 0 aliphatic carbocycles. The Labute approximate surface area is 104 Å². The maximum absolute atomic E-state index is 11.0. The first-order valence-electron chi connectivity index (χ1n) is 5.36. The number of hydrogen-bond donors (Lipinski definition) is 1. The van der Waals surface area contributed by atoms with E-state index < -0.39 is 5.97 Å². The quantitative estimate of drug-likeness (QED) is 0.898. The smallest absolute Gasteiger partial charge is 0.342 e. The normalized spacial score (nSPS) is 10.1. The van der Waals surface area contributed by atoms with E-state index >= 15 is 0 Å². The van der Waals surface area contributed by atoms with E-state index in [1.165, 1.54) is 12.5 Å². The largest absolute Gasteiger partial charge is 0.477 e. The van der Waals surface area contributed by atoms with Crippen molar-refractivity contribution in [1.29, 1.82) is 0 Å². The molecule has 0 amide bonds. The molecular weight excluding hydrogens is 232 g/mol. The Morgan fingerprint density at radius 3 is 2.83 bits per heavy atom. The number of aromatic nitrogens is 2. The van der Waals surface area contributed by atoms with Gasteiger partial charge in [0, 0.05) is 6.20 Å². The number of rotatable bonds is 3. The Morgan fingerprint density at radius 1 is 1.33 bits per heavy atom. The van der Waals surface area contributed by atoms with Crippen molar-refractivity contribution in [1.82, 2.24) is 9.97 Å².